The summed E-state index contributed by atoms with van der Waals surface area (Å²) in [6.45, 7) is 10.5. The number of ketones is 1. The molecule has 3 atom stereocenters. The molecule has 0 radical (unpaired) electrons. The summed E-state index contributed by atoms with van der Waals surface area (Å²) in [5, 5.41) is 0. The molecule has 88 valence electrons. The molecule has 15 heavy (non-hydrogen) atoms. The van der Waals surface area contributed by atoms with Gasteiger partial charge in [0.2, 0.25) is 0 Å². The van der Waals surface area contributed by atoms with Crippen LogP contribution < -0.4 is 0 Å². The topological polar surface area (TPSA) is 23.6 Å². The van der Waals surface area contributed by atoms with Gasteiger partial charge in [-0.05, 0) is 27.8 Å². The Morgan fingerprint density at radius 2 is 1.80 bits per heavy atom. The molecule has 1 heterocycles. The van der Waals surface area contributed by atoms with Crippen molar-refractivity contribution < 1.29 is 4.79 Å². The van der Waals surface area contributed by atoms with Gasteiger partial charge in [0.15, 0.2) is 0 Å². The predicted octanol–water partition coefficient (Wildman–Crippen LogP) is 1.38. The molecule has 3 heteroatoms. The first-order chi connectivity index (χ1) is 6.97. The Morgan fingerprint density at radius 1 is 1.33 bits per heavy atom. The lowest BCUT2D eigenvalue weighted by atomic mass is 10.0. The zero-order valence-electron chi connectivity index (χ0n) is 10.7. The molecule has 1 unspecified atom stereocenters. The zero-order chi connectivity index (χ0) is 11.6. The van der Waals surface area contributed by atoms with E-state index in [1.54, 1.807) is 0 Å². The van der Waals surface area contributed by atoms with Gasteiger partial charge in [0.05, 0.1) is 6.04 Å². The van der Waals surface area contributed by atoms with Crippen LogP contribution in [0.4, 0.5) is 0 Å². The van der Waals surface area contributed by atoms with Crippen molar-refractivity contribution in [2.45, 2.75) is 52.2 Å². The van der Waals surface area contributed by atoms with E-state index in [-0.39, 0.29) is 6.04 Å². The highest BCUT2D eigenvalue weighted by Crippen LogP contribution is 2.16. The van der Waals surface area contributed by atoms with Gasteiger partial charge in [0.1, 0.15) is 5.78 Å². The van der Waals surface area contributed by atoms with Crippen LogP contribution in [0.1, 0.15) is 34.1 Å². The minimum absolute atomic E-state index is 0.0913. The molecule has 0 aliphatic carbocycles. The number of hydrogen-bond donors (Lipinski definition) is 0. The summed E-state index contributed by atoms with van der Waals surface area (Å²) in [5.41, 5.74) is 0. The lowest BCUT2D eigenvalue weighted by Gasteiger charge is -2.44. The minimum Gasteiger partial charge on any atom is -0.298 e. The minimum atomic E-state index is 0.0913. The third kappa shape index (κ3) is 2.79. The molecule has 0 N–H and O–H groups in total. The van der Waals surface area contributed by atoms with Crippen LogP contribution in [0.3, 0.4) is 0 Å². The number of piperazine rings is 1. The van der Waals surface area contributed by atoms with Crippen molar-refractivity contribution in [2.24, 2.45) is 0 Å². The second kappa shape index (κ2) is 5.08. The molecule has 1 saturated heterocycles. The van der Waals surface area contributed by atoms with E-state index < -0.39 is 0 Å². The van der Waals surface area contributed by atoms with E-state index in [1.165, 1.54) is 0 Å². The molecule has 0 aromatic heterocycles. The molecule has 1 fully saturated rings. The average molecular weight is 212 g/mol. The molecule has 1 rings (SSSR count). The van der Waals surface area contributed by atoms with Crippen LogP contribution in [-0.2, 0) is 4.79 Å². The number of carbonyl (C=O) groups is 1. The van der Waals surface area contributed by atoms with E-state index >= 15 is 0 Å². The van der Waals surface area contributed by atoms with E-state index in [2.05, 4.69) is 30.7 Å². The maximum Gasteiger partial charge on any atom is 0.149 e. The summed E-state index contributed by atoms with van der Waals surface area (Å²) in [4.78, 5) is 16.4. The van der Waals surface area contributed by atoms with Crippen LogP contribution in [0.2, 0.25) is 0 Å². The van der Waals surface area contributed by atoms with Gasteiger partial charge in [-0.1, -0.05) is 6.92 Å². The molecular weight excluding hydrogens is 188 g/mol. The summed E-state index contributed by atoms with van der Waals surface area (Å²) in [5.74, 6) is 0.360. The fourth-order valence-corrected chi connectivity index (χ4v) is 2.26. The Balaban J connectivity index is 2.61. The molecule has 0 aromatic rings. The van der Waals surface area contributed by atoms with Crippen LogP contribution in [0, 0.1) is 0 Å². The van der Waals surface area contributed by atoms with Gasteiger partial charge in [-0.3, -0.25) is 14.6 Å². The number of likely N-dealkylation sites (N-methyl/N-ethyl adjacent to an activating group) is 1. The molecule has 0 spiro atoms. The summed E-state index contributed by atoms with van der Waals surface area (Å²) < 4.78 is 0. The highest BCUT2D eigenvalue weighted by Gasteiger charge is 2.30. The second-order valence-electron chi connectivity index (χ2n) is 4.81. The van der Waals surface area contributed by atoms with Gasteiger partial charge in [-0.15, -0.1) is 0 Å². The van der Waals surface area contributed by atoms with Crippen LogP contribution in [-0.4, -0.2) is 53.8 Å². The van der Waals surface area contributed by atoms with Gasteiger partial charge in [0.25, 0.3) is 0 Å². The summed E-state index contributed by atoms with van der Waals surface area (Å²) in [6.07, 6.45) is 0.649. The Morgan fingerprint density at radius 3 is 2.20 bits per heavy atom. The van der Waals surface area contributed by atoms with Crippen molar-refractivity contribution in [3.63, 3.8) is 0 Å². The zero-order valence-corrected chi connectivity index (χ0v) is 10.7. The number of Topliss-reactive ketones (excluding diaryl/α,β-unsaturated/α-hetero) is 1. The number of carbonyl (C=O) groups excluding carboxylic acids is 1. The van der Waals surface area contributed by atoms with Crippen molar-refractivity contribution in [1.82, 2.24) is 9.80 Å². The Hall–Kier alpha value is -0.410. The Kier molecular flexibility index (Phi) is 4.29. The molecule has 0 bridgehead atoms. The van der Waals surface area contributed by atoms with Gasteiger partial charge in [-0.2, -0.15) is 0 Å². The maximum absolute atomic E-state index is 11.7. The van der Waals surface area contributed by atoms with Crippen molar-refractivity contribution >= 4 is 5.78 Å². The third-order valence-electron chi connectivity index (χ3n) is 3.75. The van der Waals surface area contributed by atoms with Crippen molar-refractivity contribution in [1.29, 1.82) is 0 Å². The quantitative estimate of drug-likeness (QED) is 0.706. The summed E-state index contributed by atoms with van der Waals surface area (Å²) in [7, 11) is 2.17. The van der Waals surface area contributed by atoms with E-state index in [9.17, 15) is 4.79 Å². The molecule has 0 saturated carbocycles. The highest BCUT2D eigenvalue weighted by atomic mass is 16.1. The van der Waals surface area contributed by atoms with Crippen molar-refractivity contribution in [2.75, 3.05) is 20.1 Å². The number of rotatable bonds is 3. The van der Waals surface area contributed by atoms with E-state index in [4.69, 9.17) is 0 Å². The fourth-order valence-electron chi connectivity index (χ4n) is 2.26. The summed E-state index contributed by atoms with van der Waals surface area (Å²) in [6, 6.07) is 1.18. The average Bonchev–Trinajstić information content (AvgIpc) is 2.23. The maximum atomic E-state index is 11.7. The third-order valence-corrected chi connectivity index (χ3v) is 3.75. The molecule has 0 aromatic carbocycles. The molecular formula is C12H24N2O. The van der Waals surface area contributed by atoms with Crippen LogP contribution in [0.25, 0.3) is 0 Å². The Labute approximate surface area is 93.4 Å². The van der Waals surface area contributed by atoms with Crippen LogP contribution >= 0.6 is 0 Å². The monoisotopic (exact) mass is 212 g/mol. The van der Waals surface area contributed by atoms with Gasteiger partial charge < -0.3 is 0 Å². The van der Waals surface area contributed by atoms with Crippen molar-refractivity contribution in [3.05, 3.63) is 0 Å². The van der Waals surface area contributed by atoms with E-state index in [0.717, 1.165) is 13.1 Å². The predicted molar refractivity (Wildman–Crippen MR) is 63.0 cm³/mol. The molecule has 0 amide bonds. The standard InChI is InChI=1S/C12H24N2O/c1-6-12(15)11(4)14-7-9(2)13(5)10(3)8-14/h9-11H,6-8H2,1-5H3/t9-,10+,11?. The van der Waals surface area contributed by atoms with Gasteiger partial charge in [-0.25, -0.2) is 0 Å². The first kappa shape index (κ1) is 12.7. The lowest BCUT2D eigenvalue weighted by Crippen LogP contribution is -2.58. The Bertz CT molecular complexity index is 218. The fraction of sp³-hybridized carbons (Fsp3) is 0.917. The van der Waals surface area contributed by atoms with Gasteiger partial charge >= 0.3 is 0 Å². The highest BCUT2D eigenvalue weighted by molar-refractivity contribution is 5.83. The first-order valence-corrected chi connectivity index (χ1v) is 5.96. The first-order valence-electron chi connectivity index (χ1n) is 5.96. The van der Waals surface area contributed by atoms with E-state index in [1.807, 2.05) is 13.8 Å². The van der Waals surface area contributed by atoms with Crippen LogP contribution in [0.5, 0.6) is 0 Å². The second-order valence-corrected chi connectivity index (χ2v) is 4.81. The smallest absolute Gasteiger partial charge is 0.149 e. The number of hydrogen-bond acceptors (Lipinski definition) is 3. The van der Waals surface area contributed by atoms with Crippen molar-refractivity contribution in [3.8, 4) is 0 Å². The molecule has 3 nitrogen and oxygen atoms in total. The normalized spacial score (nSPS) is 31.5. The largest absolute Gasteiger partial charge is 0.298 e. The molecule has 1 aliphatic rings. The summed E-state index contributed by atoms with van der Waals surface area (Å²) >= 11 is 0. The van der Waals surface area contributed by atoms with E-state index in [0.29, 0.717) is 24.3 Å². The van der Waals surface area contributed by atoms with Gasteiger partial charge in [0, 0.05) is 31.6 Å². The SMILES string of the molecule is CCC(=O)C(C)N1C[C@@H](C)N(C)[C@@H](C)C1. The van der Waals surface area contributed by atoms with Crippen LogP contribution in [0.15, 0.2) is 0 Å². The lowest BCUT2D eigenvalue weighted by molar-refractivity contribution is -0.124. The molecule has 1 aliphatic heterocycles. The number of nitrogens with zero attached hydrogens (tertiary/aromatic N) is 2.